The maximum atomic E-state index is 12.3. The van der Waals surface area contributed by atoms with Crippen molar-refractivity contribution in [3.05, 3.63) is 58.8 Å². The van der Waals surface area contributed by atoms with E-state index >= 15 is 0 Å². The number of hydrogen-bond acceptors (Lipinski definition) is 5. The molecule has 2 aromatic carbocycles. The van der Waals surface area contributed by atoms with Crippen LogP contribution in [0.25, 0.3) is 6.08 Å². The Hall–Kier alpha value is -1.14. The van der Waals surface area contributed by atoms with E-state index in [0.29, 0.717) is 11.5 Å². The highest BCUT2D eigenvalue weighted by Gasteiger charge is 2.25. The third-order valence-electron chi connectivity index (χ3n) is 3.70. The van der Waals surface area contributed by atoms with Gasteiger partial charge in [0.2, 0.25) is 5.90 Å². The average Bonchev–Trinajstić information content (AvgIpc) is 2.99. The van der Waals surface area contributed by atoms with E-state index in [1.54, 1.807) is 13.2 Å². The number of methoxy groups -OCH3 is 1. The van der Waals surface area contributed by atoms with Crippen molar-refractivity contribution in [2.45, 2.75) is 20.0 Å². The zero-order valence-corrected chi connectivity index (χ0v) is 21.2. The predicted molar refractivity (Wildman–Crippen MR) is 129 cm³/mol. The van der Waals surface area contributed by atoms with Crippen LogP contribution < -0.4 is 9.47 Å². The predicted octanol–water partition coefficient (Wildman–Crippen LogP) is 5.80. The number of ether oxygens (including phenoxy) is 3. The number of benzene rings is 2. The smallest absolute Gasteiger partial charge is 0.363 e. The van der Waals surface area contributed by atoms with E-state index in [4.69, 9.17) is 14.2 Å². The molecule has 0 saturated heterocycles. The van der Waals surface area contributed by atoms with Gasteiger partial charge in [0.25, 0.3) is 0 Å². The van der Waals surface area contributed by atoms with Crippen LogP contribution in [0, 0.1) is 7.14 Å². The molecule has 0 aromatic heterocycles. The van der Waals surface area contributed by atoms with E-state index in [-0.39, 0.29) is 17.7 Å². The molecule has 0 fully saturated rings. The quantitative estimate of drug-likeness (QED) is 0.230. The van der Waals surface area contributed by atoms with Gasteiger partial charge in [-0.15, -0.1) is 0 Å². The van der Waals surface area contributed by atoms with Crippen molar-refractivity contribution < 1.29 is 19.0 Å². The molecule has 5 nitrogen and oxygen atoms in total. The number of nitrogens with zero attached hydrogens (tertiary/aromatic N) is 1. The molecule has 0 radical (unpaired) electrons. The molecule has 0 bridgehead atoms. The molecule has 1 aliphatic rings. The molecule has 1 aliphatic heterocycles. The van der Waals surface area contributed by atoms with Gasteiger partial charge in [0.05, 0.1) is 16.8 Å². The summed E-state index contributed by atoms with van der Waals surface area (Å²) in [5.74, 6) is 1.09. The number of aliphatic imine (C=N–C) groups is 1. The minimum absolute atomic E-state index is 0.0249. The van der Waals surface area contributed by atoms with E-state index in [0.717, 1.165) is 22.7 Å². The highest BCUT2D eigenvalue weighted by molar-refractivity contribution is 14.1. The SMILES string of the molecule is COc1cc(/C=C2\N=C(c3ccc(I)c(Br)c3)OC2=O)cc(I)c1OC(C)C. The number of esters is 1. The van der Waals surface area contributed by atoms with Crippen molar-refractivity contribution in [3.8, 4) is 11.5 Å². The largest absolute Gasteiger partial charge is 0.493 e. The van der Waals surface area contributed by atoms with Gasteiger partial charge in [-0.3, -0.25) is 0 Å². The van der Waals surface area contributed by atoms with E-state index < -0.39 is 5.97 Å². The van der Waals surface area contributed by atoms with E-state index in [1.165, 1.54) is 0 Å². The van der Waals surface area contributed by atoms with Crippen molar-refractivity contribution in [2.75, 3.05) is 7.11 Å². The molecule has 3 rings (SSSR count). The van der Waals surface area contributed by atoms with Crippen LogP contribution in [0.1, 0.15) is 25.0 Å². The second kappa shape index (κ2) is 9.12. The summed E-state index contributed by atoms with van der Waals surface area (Å²) in [6.45, 7) is 3.91. The van der Waals surface area contributed by atoms with Gasteiger partial charge in [-0.2, -0.15) is 0 Å². The number of hydrogen-bond donors (Lipinski definition) is 0. The number of rotatable bonds is 5. The van der Waals surface area contributed by atoms with Crippen LogP contribution in [0.2, 0.25) is 0 Å². The van der Waals surface area contributed by atoms with Gasteiger partial charge < -0.3 is 14.2 Å². The maximum absolute atomic E-state index is 12.3. The molecule has 28 heavy (non-hydrogen) atoms. The molecule has 0 saturated carbocycles. The lowest BCUT2D eigenvalue weighted by Gasteiger charge is -2.15. The summed E-state index contributed by atoms with van der Waals surface area (Å²) in [4.78, 5) is 16.7. The molecule has 0 atom stereocenters. The number of halogens is 3. The third kappa shape index (κ3) is 4.88. The van der Waals surface area contributed by atoms with Crippen molar-refractivity contribution in [2.24, 2.45) is 4.99 Å². The highest BCUT2D eigenvalue weighted by Crippen LogP contribution is 2.35. The average molecular weight is 668 g/mol. The van der Waals surface area contributed by atoms with Crippen molar-refractivity contribution in [3.63, 3.8) is 0 Å². The summed E-state index contributed by atoms with van der Waals surface area (Å²) in [6, 6.07) is 9.40. The van der Waals surface area contributed by atoms with Gasteiger partial charge in [0.15, 0.2) is 17.2 Å². The lowest BCUT2D eigenvalue weighted by molar-refractivity contribution is -0.129. The Kier molecular flexibility index (Phi) is 7.02. The second-order valence-corrected chi connectivity index (χ2v) is 9.34. The van der Waals surface area contributed by atoms with Crippen LogP contribution in [0.15, 0.2) is 45.5 Å². The summed E-state index contributed by atoms with van der Waals surface area (Å²) in [7, 11) is 1.59. The van der Waals surface area contributed by atoms with Gasteiger partial charge >= 0.3 is 5.97 Å². The number of cyclic esters (lactones) is 1. The van der Waals surface area contributed by atoms with E-state index in [2.05, 4.69) is 66.1 Å². The van der Waals surface area contributed by atoms with Crippen molar-refractivity contribution >= 4 is 79.1 Å². The molecule has 0 aliphatic carbocycles. The minimum atomic E-state index is -0.485. The van der Waals surface area contributed by atoms with Crippen LogP contribution in [0.4, 0.5) is 0 Å². The Morgan fingerprint density at radius 1 is 1.18 bits per heavy atom. The molecule has 0 amide bonds. The first-order chi connectivity index (χ1) is 13.3. The fourth-order valence-electron chi connectivity index (χ4n) is 2.49. The molecule has 8 heteroatoms. The fraction of sp³-hybridized carbons (Fsp3) is 0.200. The third-order valence-corrected chi connectivity index (χ3v) is 6.84. The monoisotopic (exact) mass is 667 g/mol. The second-order valence-electron chi connectivity index (χ2n) is 6.17. The zero-order chi connectivity index (χ0) is 20.4. The summed E-state index contributed by atoms with van der Waals surface area (Å²) in [5, 5.41) is 0. The molecule has 0 spiro atoms. The first-order valence-electron chi connectivity index (χ1n) is 8.30. The van der Waals surface area contributed by atoms with E-state index in [1.807, 2.05) is 44.2 Å². The lowest BCUT2D eigenvalue weighted by Crippen LogP contribution is -2.08. The Bertz CT molecular complexity index is 1000. The fourth-order valence-corrected chi connectivity index (χ4v) is 3.96. The summed E-state index contributed by atoms with van der Waals surface area (Å²) in [6.07, 6.45) is 1.71. The van der Waals surface area contributed by atoms with Crippen molar-refractivity contribution in [1.82, 2.24) is 0 Å². The van der Waals surface area contributed by atoms with Gasteiger partial charge in [0.1, 0.15) is 0 Å². The molecule has 1 heterocycles. The summed E-state index contributed by atoms with van der Waals surface area (Å²) in [5.41, 5.74) is 1.75. The van der Waals surface area contributed by atoms with Crippen LogP contribution in [-0.2, 0) is 9.53 Å². The first kappa shape index (κ1) is 21.6. The Morgan fingerprint density at radius 3 is 2.57 bits per heavy atom. The molecule has 0 N–H and O–H groups in total. The number of carbonyl (C=O) groups is 1. The topological polar surface area (TPSA) is 57.1 Å². The van der Waals surface area contributed by atoms with Gasteiger partial charge in [-0.25, -0.2) is 9.79 Å². The van der Waals surface area contributed by atoms with Gasteiger partial charge in [-0.05, 0) is 117 Å². The highest BCUT2D eigenvalue weighted by atomic mass is 127. The number of carbonyl (C=O) groups excluding carboxylic acids is 1. The zero-order valence-electron chi connectivity index (χ0n) is 15.3. The van der Waals surface area contributed by atoms with E-state index in [9.17, 15) is 4.79 Å². The summed E-state index contributed by atoms with van der Waals surface area (Å²) < 4.78 is 19.5. The Labute approximate surface area is 199 Å². The van der Waals surface area contributed by atoms with Gasteiger partial charge in [-0.1, -0.05) is 0 Å². The van der Waals surface area contributed by atoms with Crippen LogP contribution >= 0.6 is 61.1 Å². The Balaban J connectivity index is 1.96. The maximum Gasteiger partial charge on any atom is 0.363 e. The molecule has 146 valence electrons. The minimum Gasteiger partial charge on any atom is -0.493 e. The normalized spacial score (nSPS) is 15.0. The van der Waals surface area contributed by atoms with Crippen LogP contribution in [-0.4, -0.2) is 25.1 Å². The molecular weight excluding hydrogens is 652 g/mol. The first-order valence-corrected chi connectivity index (χ1v) is 11.3. The van der Waals surface area contributed by atoms with Crippen molar-refractivity contribution in [1.29, 1.82) is 0 Å². The summed E-state index contributed by atoms with van der Waals surface area (Å²) >= 11 is 7.89. The van der Waals surface area contributed by atoms with Gasteiger partial charge in [0, 0.05) is 13.6 Å². The lowest BCUT2D eigenvalue weighted by atomic mass is 10.1. The molecule has 2 aromatic rings. The molecular formula is C20H16BrI2NO4. The standard InChI is InChI=1S/C20H16BrI2NO4/c1-10(2)27-18-15(23)6-11(8-17(18)26-3)7-16-20(25)28-19(24-16)12-4-5-14(22)13(21)9-12/h4-10H,1-3H3/b16-7-. The Morgan fingerprint density at radius 2 is 1.93 bits per heavy atom. The molecule has 0 unspecified atom stereocenters. The van der Waals surface area contributed by atoms with Crippen LogP contribution in [0.3, 0.4) is 0 Å². The van der Waals surface area contributed by atoms with Crippen LogP contribution in [0.5, 0.6) is 11.5 Å².